The molecule has 0 aromatic heterocycles. The predicted octanol–water partition coefficient (Wildman–Crippen LogP) is 3.10. The van der Waals surface area contributed by atoms with Crippen LogP contribution in [0.25, 0.3) is 0 Å². The summed E-state index contributed by atoms with van der Waals surface area (Å²) in [6.07, 6.45) is 3.49. The predicted molar refractivity (Wildman–Crippen MR) is 96.5 cm³/mol. The van der Waals surface area contributed by atoms with Crippen LogP contribution < -0.4 is 10.1 Å². The van der Waals surface area contributed by atoms with E-state index in [1.807, 2.05) is 11.0 Å². The minimum absolute atomic E-state index is 0.118. The van der Waals surface area contributed by atoms with E-state index in [1.165, 1.54) is 12.0 Å². The van der Waals surface area contributed by atoms with Crippen LogP contribution in [0.4, 0.5) is 0 Å². The van der Waals surface area contributed by atoms with Crippen molar-refractivity contribution in [3.8, 4) is 5.75 Å². The average Bonchev–Trinajstić information content (AvgIpc) is 3.01. The Hall–Kier alpha value is -1.55. The maximum absolute atomic E-state index is 12.5. The molecule has 0 unspecified atom stereocenters. The molecule has 0 bridgehead atoms. The van der Waals surface area contributed by atoms with Gasteiger partial charge in [-0.3, -0.25) is 4.79 Å². The Balaban J connectivity index is 1.56. The van der Waals surface area contributed by atoms with Gasteiger partial charge in [-0.15, -0.1) is 0 Å². The second kappa shape index (κ2) is 7.14. The highest BCUT2D eigenvalue weighted by Crippen LogP contribution is 2.37. The zero-order valence-electron chi connectivity index (χ0n) is 15.2. The van der Waals surface area contributed by atoms with Crippen molar-refractivity contribution in [1.29, 1.82) is 0 Å². The molecule has 4 heteroatoms. The van der Waals surface area contributed by atoms with E-state index in [0.717, 1.165) is 50.3 Å². The van der Waals surface area contributed by atoms with Gasteiger partial charge < -0.3 is 15.0 Å². The second-order valence-electron chi connectivity index (χ2n) is 7.79. The summed E-state index contributed by atoms with van der Waals surface area (Å²) in [6.45, 7) is 10.5. The van der Waals surface area contributed by atoms with Crippen LogP contribution in [0.3, 0.4) is 0 Å². The van der Waals surface area contributed by atoms with Crippen molar-refractivity contribution >= 4 is 5.91 Å². The number of likely N-dealkylation sites (tertiary alicyclic amines) is 1. The number of hydrogen-bond acceptors (Lipinski definition) is 3. The molecule has 2 aliphatic rings. The van der Waals surface area contributed by atoms with Crippen LogP contribution in [0.1, 0.15) is 50.2 Å². The lowest BCUT2D eigenvalue weighted by Crippen LogP contribution is -2.45. The molecular formula is C20H30N2O2. The van der Waals surface area contributed by atoms with E-state index in [-0.39, 0.29) is 12.5 Å². The minimum atomic E-state index is 0.118. The zero-order chi connectivity index (χ0) is 17.2. The van der Waals surface area contributed by atoms with E-state index < -0.39 is 0 Å². The number of nitrogens with zero attached hydrogens (tertiary/aromatic N) is 1. The molecule has 1 aromatic rings. The van der Waals surface area contributed by atoms with Crippen LogP contribution in [0.5, 0.6) is 5.75 Å². The number of carbonyl (C=O) groups excluding carboxylic acids is 1. The van der Waals surface area contributed by atoms with Crippen LogP contribution in [0.2, 0.25) is 0 Å². The van der Waals surface area contributed by atoms with Gasteiger partial charge in [0.25, 0.3) is 5.91 Å². The molecule has 3 rings (SSSR count). The van der Waals surface area contributed by atoms with Gasteiger partial charge in [-0.25, -0.2) is 0 Å². The van der Waals surface area contributed by atoms with E-state index >= 15 is 0 Å². The summed E-state index contributed by atoms with van der Waals surface area (Å²) in [5.41, 5.74) is 2.78. The molecule has 24 heavy (non-hydrogen) atoms. The molecule has 0 aliphatic carbocycles. The lowest BCUT2D eigenvalue weighted by molar-refractivity contribution is -0.135. The maximum Gasteiger partial charge on any atom is 0.260 e. The van der Waals surface area contributed by atoms with Crippen LogP contribution in [-0.4, -0.2) is 43.6 Å². The van der Waals surface area contributed by atoms with E-state index in [9.17, 15) is 4.79 Å². The number of ether oxygens (including phenoxy) is 1. The molecule has 132 valence electrons. The molecule has 1 amide bonds. The molecule has 0 atom stereocenters. The number of piperidine rings is 1. The Labute approximate surface area is 145 Å². The highest BCUT2D eigenvalue weighted by Gasteiger charge is 2.38. The maximum atomic E-state index is 12.5. The van der Waals surface area contributed by atoms with Crippen molar-refractivity contribution in [2.24, 2.45) is 5.41 Å². The summed E-state index contributed by atoms with van der Waals surface area (Å²) in [4.78, 5) is 14.5. The first-order valence-corrected chi connectivity index (χ1v) is 9.21. The molecule has 2 aliphatic heterocycles. The number of aryl methyl sites for hydroxylation is 1. The fourth-order valence-corrected chi connectivity index (χ4v) is 3.93. The largest absolute Gasteiger partial charge is 0.483 e. The van der Waals surface area contributed by atoms with Crippen LogP contribution in [0.15, 0.2) is 18.2 Å². The SMILES string of the molecule is Cc1ccc(C(C)C)c(OCC(=O)N2CCC3(CCNC3)CC2)c1. The summed E-state index contributed by atoms with van der Waals surface area (Å²) in [6, 6.07) is 6.25. The standard InChI is InChI=1S/C20H30N2O2/c1-15(2)17-5-4-16(3)12-18(17)24-13-19(23)22-10-7-20(8-11-22)6-9-21-14-20/h4-5,12,15,21H,6-11,13-14H2,1-3H3. The normalized spacial score (nSPS) is 19.9. The third-order valence-electron chi connectivity index (χ3n) is 5.65. The van der Waals surface area contributed by atoms with E-state index in [4.69, 9.17) is 4.74 Å². The number of carbonyl (C=O) groups is 1. The van der Waals surface area contributed by atoms with Gasteiger partial charge in [0.05, 0.1) is 0 Å². The number of rotatable bonds is 4. The van der Waals surface area contributed by atoms with Crippen LogP contribution >= 0.6 is 0 Å². The highest BCUT2D eigenvalue weighted by molar-refractivity contribution is 5.78. The number of benzene rings is 1. The third kappa shape index (κ3) is 3.75. The molecule has 2 heterocycles. The molecule has 2 fully saturated rings. The second-order valence-corrected chi connectivity index (χ2v) is 7.79. The van der Waals surface area contributed by atoms with Gasteiger partial charge in [0.15, 0.2) is 6.61 Å². The van der Waals surface area contributed by atoms with Crippen molar-refractivity contribution in [1.82, 2.24) is 10.2 Å². The van der Waals surface area contributed by atoms with Crippen LogP contribution in [0, 0.1) is 12.3 Å². The summed E-state index contributed by atoms with van der Waals surface area (Å²) < 4.78 is 5.91. The summed E-state index contributed by atoms with van der Waals surface area (Å²) >= 11 is 0. The van der Waals surface area contributed by atoms with Crippen LogP contribution in [-0.2, 0) is 4.79 Å². The van der Waals surface area contributed by atoms with Crippen molar-refractivity contribution in [3.05, 3.63) is 29.3 Å². The van der Waals surface area contributed by atoms with Crippen molar-refractivity contribution in [2.45, 2.75) is 46.0 Å². The minimum Gasteiger partial charge on any atom is -0.483 e. The van der Waals surface area contributed by atoms with Gasteiger partial charge in [0.2, 0.25) is 0 Å². The number of amides is 1. The summed E-state index contributed by atoms with van der Waals surface area (Å²) in [5, 5.41) is 3.47. The molecule has 2 saturated heterocycles. The Morgan fingerprint density at radius 3 is 2.67 bits per heavy atom. The lowest BCUT2D eigenvalue weighted by Gasteiger charge is -2.38. The number of hydrogen-bond donors (Lipinski definition) is 1. The quantitative estimate of drug-likeness (QED) is 0.922. The van der Waals surface area contributed by atoms with E-state index in [0.29, 0.717) is 11.3 Å². The topological polar surface area (TPSA) is 41.6 Å². The van der Waals surface area contributed by atoms with Crippen molar-refractivity contribution in [3.63, 3.8) is 0 Å². The van der Waals surface area contributed by atoms with Crippen molar-refractivity contribution < 1.29 is 9.53 Å². The first-order chi connectivity index (χ1) is 11.5. The number of nitrogens with one attached hydrogen (secondary N) is 1. The first-order valence-electron chi connectivity index (χ1n) is 9.21. The lowest BCUT2D eigenvalue weighted by atomic mass is 9.78. The van der Waals surface area contributed by atoms with Crippen molar-refractivity contribution in [2.75, 3.05) is 32.8 Å². The molecule has 4 nitrogen and oxygen atoms in total. The van der Waals surface area contributed by atoms with Gasteiger partial charge in [0, 0.05) is 19.6 Å². The fraction of sp³-hybridized carbons (Fsp3) is 0.650. The molecular weight excluding hydrogens is 300 g/mol. The molecule has 1 N–H and O–H groups in total. The monoisotopic (exact) mass is 330 g/mol. The fourth-order valence-electron chi connectivity index (χ4n) is 3.93. The molecule has 0 radical (unpaired) electrons. The molecule has 1 aromatic carbocycles. The Kier molecular flexibility index (Phi) is 5.14. The Morgan fingerprint density at radius 1 is 1.29 bits per heavy atom. The smallest absolute Gasteiger partial charge is 0.260 e. The van der Waals surface area contributed by atoms with E-state index in [1.54, 1.807) is 0 Å². The van der Waals surface area contributed by atoms with Gasteiger partial charge >= 0.3 is 0 Å². The van der Waals surface area contributed by atoms with Gasteiger partial charge in [-0.05, 0) is 61.3 Å². The Bertz CT molecular complexity index is 581. The average molecular weight is 330 g/mol. The third-order valence-corrected chi connectivity index (χ3v) is 5.65. The van der Waals surface area contributed by atoms with Gasteiger partial charge in [-0.1, -0.05) is 26.0 Å². The highest BCUT2D eigenvalue weighted by atomic mass is 16.5. The summed E-state index contributed by atoms with van der Waals surface area (Å²) in [7, 11) is 0. The molecule has 0 saturated carbocycles. The molecule has 1 spiro atoms. The Morgan fingerprint density at radius 2 is 2.04 bits per heavy atom. The van der Waals surface area contributed by atoms with E-state index in [2.05, 4.69) is 38.2 Å². The zero-order valence-corrected chi connectivity index (χ0v) is 15.2. The van der Waals surface area contributed by atoms with Gasteiger partial charge in [-0.2, -0.15) is 0 Å². The van der Waals surface area contributed by atoms with Gasteiger partial charge in [0.1, 0.15) is 5.75 Å². The summed E-state index contributed by atoms with van der Waals surface area (Å²) in [5.74, 6) is 1.36. The first kappa shape index (κ1) is 17.3.